The molecule has 2 N–H and O–H groups in total. The lowest BCUT2D eigenvalue weighted by atomic mass is 10.1. The van der Waals surface area contributed by atoms with Crippen molar-refractivity contribution in [1.29, 1.82) is 0 Å². The summed E-state index contributed by atoms with van der Waals surface area (Å²) in [5.41, 5.74) is 3.70. The Kier molecular flexibility index (Phi) is 6.50. The van der Waals surface area contributed by atoms with Gasteiger partial charge in [0.2, 0.25) is 0 Å². The molecule has 2 aromatic carbocycles. The van der Waals surface area contributed by atoms with Crippen molar-refractivity contribution in [3.05, 3.63) is 71.1 Å². The van der Waals surface area contributed by atoms with Crippen LogP contribution >= 0.6 is 11.3 Å². The third kappa shape index (κ3) is 5.12. The van der Waals surface area contributed by atoms with Gasteiger partial charge < -0.3 is 15.1 Å². The van der Waals surface area contributed by atoms with Gasteiger partial charge >= 0.3 is 0 Å². The molecule has 1 saturated heterocycles. The van der Waals surface area contributed by atoms with E-state index in [1.165, 1.54) is 17.8 Å². The van der Waals surface area contributed by atoms with Crippen molar-refractivity contribution in [2.45, 2.75) is 11.1 Å². The number of aryl methyl sites for hydroxylation is 1. The highest BCUT2D eigenvalue weighted by molar-refractivity contribution is 7.94. The topological polar surface area (TPSA) is 81.8 Å². The van der Waals surface area contributed by atoms with Gasteiger partial charge in [-0.05, 0) is 67.4 Å². The fourth-order valence-corrected chi connectivity index (χ4v) is 5.73. The molecule has 1 amide bonds. The van der Waals surface area contributed by atoms with E-state index < -0.39 is 10.0 Å². The first-order valence-electron chi connectivity index (χ1n) is 10.3. The summed E-state index contributed by atoms with van der Waals surface area (Å²) < 4.78 is 27.6. The summed E-state index contributed by atoms with van der Waals surface area (Å²) in [6.07, 6.45) is 0. The molecule has 1 fully saturated rings. The van der Waals surface area contributed by atoms with E-state index in [-0.39, 0.29) is 10.1 Å². The fraction of sp³-hybridized carbons (Fsp3) is 0.261. The number of likely N-dealkylation sites (N-methyl/N-ethyl adjacent to an activating group) is 1. The normalized spacial score (nSPS) is 14.9. The minimum Gasteiger partial charge on any atom is -0.369 e. The minimum atomic E-state index is -3.67. The number of hydrogen-bond donors (Lipinski definition) is 2. The zero-order valence-electron chi connectivity index (χ0n) is 18.0. The van der Waals surface area contributed by atoms with E-state index in [1.54, 1.807) is 29.6 Å². The third-order valence-corrected chi connectivity index (χ3v) is 8.21. The number of rotatable bonds is 6. The number of benzene rings is 2. The summed E-state index contributed by atoms with van der Waals surface area (Å²) >= 11 is 1.14. The molecule has 0 unspecified atom stereocenters. The number of carbonyl (C=O) groups is 1. The summed E-state index contributed by atoms with van der Waals surface area (Å²) in [5, 5.41) is 4.62. The van der Waals surface area contributed by atoms with E-state index >= 15 is 0 Å². The van der Waals surface area contributed by atoms with Gasteiger partial charge in [-0.3, -0.25) is 9.52 Å². The third-order valence-electron chi connectivity index (χ3n) is 5.44. The summed E-state index contributed by atoms with van der Waals surface area (Å²) in [4.78, 5) is 17.5. The number of hydrogen-bond acceptors (Lipinski definition) is 6. The standard InChI is InChI=1S/C23H26N4O3S2/c1-17-15-19(8-9-21(17)27-12-10-26(2)11-13-27)24-23(28)18-5-3-6-20(16-18)25-32(29,30)22-7-4-14-31-22/h3-9,14-16,25H,10-13H2,1-2H3,(H,24,28). The highest BCUT2D eigenvalue weighted by Crippen LogP contribution is 2.25. The van der Waals surface area contributed by atoms with Gasteiger partial charge in [-0.25, -0.2) is 8.42 Å². The van der Waals surface area contributed by atoms with E-state index in [2.05, 4.69) is 26.9 Å². The second kappa shape index (κ2) is 9.32. The van der Waals surface area contributed by atoms with Gasteiger partial charge in [-0.15, -0.1) is 11.3 Å². The Hall–Kier alpha value is -2.88. The number of amides is 1. The van der Waals surface area contributed by atoms with Crippen molar-refractivity contribution >= 4 is 44.3 Å². The van der Waals surface area contributed by atoms with Crippen LogP contribution in [0.3, 0.4) is 0 Å². The predicted octanol–water partition coefficient (Wildman–Crippen LogP) is 3.86. The number of carbonyl (C=O) groups excluding carboxylic acids is 1. The molecule has 9 heteroatoms. The maximum absolute atomic E-state index is 12.8. The van der Waals surface area contributed by atoms with Crippen LogP contribution in [0.15, 0.2) is 64.2 Å². The molecule has 3 aromatic rings. The maximum atomic E-state index is 12.8. The molecule has 7 nitrogen and oxygen atoms in total. The number of thiophene rings is 1. The first-order chi connectivity index (χ1) is 15.3. The first-order valence-corrected chi connectivity index (χ1v) is 12.7. The van der Waals surface area contributed by atoms with Crippen LogP contribution in [-0.4, -0.2) is 52.5 Å². The van der Waals surface area contributed by atoms with E-state index in [9.17, 15) is 13.2 Å². The van der Waals surface area contributed by atoms with Crippen molar-refractivity contribution in [2.24, 2.45) is 0 Å². The van der Waals surface area contributed by atoms with Crippen molar-refractivity contribution in [3.8, 4) is 0 Å². The second-order valence-corrected chi connectivity index (χ2v) is 10.7. The van der Waals surface area contributed by atoms with Gasteiger partial charge in [0, 0.05) is 48.8 Å². The van der Waals surface area contributed by atoms with Crippen LogP contribution < -0.4 is 14.9 Å². The zero-order valence-corrected chi connectivity index (χ0v) is 19.7. The molecule has 0 radical (unpaired) electrons. The van der Waals surface area contributed by atoms with Gasteiger partial charge in [0.1, 0.15) is 4.21 Å². The molecule has 1 aromatic heterocycles. The van der Waals surface area contributed by atoms with Crippen LogP contribution in [0.4, 0.5) is 17.1 Å². The number of nitrogens with one attached hydrogen (secondary N) is 2. The Morgan fingerprint density at radius 2 is 1.75 bits per heavy atom. The van der Waals surface area contributed by atoms with Crippen molar-refractivity contribution in [1.82, 2.24) is 4.90 Å². The van der Waals surface area contributed by atoms with E-state index in [0.717, 1.165) is 43.1 Å². The number of nitrogens with zero attached hydrogens (tertiary/aromatic N) is 2. The summed E-state index contributed by atoms with van der Waals surface area (Å²) in [6, 6.07) is 15.6. The van der Waals surface area contributed by atoms with E-state index in [4.69, 9.17) is 0 Å². The summed E-state index contributed by atoms with van der Waals surface area (Å²) in [6.45, 7) is 6.08. The summed E-state index contributed by atoms with van der Waals surface area (Å²) in [5.74, 6) is -0.297. The molecule has 168 valence electrons. The first kappa shape index (κ1) is 22.3. The Morgan fingerprint density at radius 1 is 0.969 bits per heavy atom. The molecule has 2 heterocycles. The number of piperazine rings is 1. The average Bonchev–Trinajstić information content (AvgIpc) is 3.31. The van der Waals surface area contributed by atoms with Crippen LogP contribution in [-0.2, 0) is 10.0 Å². The highest BCUT2D eigenvalue weighted by Gasteiger charge is 2.18. The Morgan fingerprint density at radius 3 is 2.44 bits per heavy atom. The van der Waals surface area contributed by atoms with Crippen molar-refractivity contribution in [3.63, 3.8) is 0 Å². The fourth-order valence-electron chi connectivity index (χ4n) is 3.68. The molecular formula is C23H26N4O3S2. The highest BCUT2D eigenvalue weighted by atomic mass is 32.2. The molecule has 0 spiro atoms. The predicted molar refractivity (Wildman–Crippen MR) is 130 cm³/mol. The molecule has 1 aliphatic heterocycles. The molecule has 0 saturated carbocycles. The van der Waals surface area contributed by atoms with Crippen molar-refractivity contribution in [2.75, 3.05) is 48.2 Å². The Bertz CT molecular complexity index is 1200. The quantitative estimate of drug-likeness (QED) is 0.572. The van der Waals surface area contributed by atoms with Gasteiger partial charge in [0.05, 0.1) is 0 Å². The van der Waals surface area contributed by atoms with E-state index in [0.29, 0.717) is 16.9 Å². The van der Waals surface area contributed by atoms with Crippen molar-refractivity contribution < 1.29 is 13.2 Å². The SMILES string of the molecule is Cc1cc(NC(=O)c2cccc(NS(=O)(=O)c3cccs3)c2)ccc1N1CCN(C)CC1. The molecule has 32 heavy (non-hydrogen) atoms. The molecule has 0 bridgehead atoms. The Balaban J connectivity index is 1.45. The van der Waals surface area contributed by atoms with Crippen LogP contribution in [0, 0.1) is 6.92 Å². The minimum absolute atomic E-state index is 0.225. The Labute approximate surface area is 192 Å². The van der Waals surface area contributed by atoms with Crippen LogP contribution in [0.25, 0.3) is 0 Å². The second-order valence-electron chi connectivity index (χ2n) is 7.86. The average molecular weight is 471 g/mol. The number of anilines is 3. The molecule has 0 aliphatic carbocycles. The van der Waals surface area contributed by atoms with Gasteiger partial charge in [0.15, 0.2) is 0 Å². The lowest BCUT2D eigenvalue weighted by Crippen LogP contribution is -2.44. The largest absolute Gasteiger partial charge is 0.369 e. The van der Waals surface area contributed by atoms with Crippen LogP contribution in [0.1, 0.15) is 15.9 Å². The molecule has 1 aliphatic rings. The molecule has 0 atom stereocenters. The number of sulfonamides is 1. The van der Waals surface area contributed by atoms with Gasteiger partial charge in [0.25, 0.3) is 15.9 Å². The lowest BCUT2D eigenvalue weighted by molar-refractivity contribution is 0.102. The molecule has 4 rings (SSSR count). The van der Waals surface area contributed by atoms with E-state index in [1.807, 2.05) is 25.1 Å². The lowest BCUT2D eigenvalue weighted by Gasteiger charge is -2.35. The maximum Gasteiger partial charge on any atom is 0.271 e. The van der Waals surface area contributed by atoms with Gasteiger partial charge in [-0.2, -0.15) is 0 Å². The van der Waals surface area contributed by atoms with Crippen LogP contribution in [0.2, 0.25) is 0 Å². The smallest absolute Gasteiger partial charge is 0.271 e. The summed E-state index contributed by atoms with van der Waals surface area (Å²) in [7, 11) is -1.54. The monoisotopic (exact) mass is 470 g/mol. The molecular weight excluding hydrogens is 444 g/mol. The van der Waals surface area contributed by atoms with Crippen LogP contribution in [0.5, 0.6) is 0 Å². The van der Waals surface area contributed by atoms with Gasteiger partial charge in [-0.1, -0.05) is 12.1 Å². The zero-order chi connectivity index (χ0) is 22.7.